The summed E-state index contributed by atoms with van der Waals surface area (Å²) < 4.78 is 12.9. The summed E-state index contributed by atoms with van der Waals surface area (Å²) in [7, 11) is 0. The monoisotopic (exact) mass is 425 g/mol. The summed E-state index contributed by atoms with van der Waals surface area (Å²) in [6, 6.07) is 10.4. The fraction of sp³-hybridized carbons (Fsp3) is 0.571. The lowest BCUT2D eigenvalue weighted by Gasteiger charge is -2.33. The highest BCUT2D eigenvalue weighted by atomic mass is 16.5. The van der Waals surface area contributed by atoms with E-state index in [9.17, 15) is 0 Å². The van der Waals surface area contributed by atoms with Gasteiger partial charge in [0.05, 0.1) is 6.61 Å². The Kier molecular flexibility index (Phi) is 9.00. The number of nitrogens with two attached hydrogens (primary N) is 1. The summed E-state index contributed by atoms with van der Waals surface area (Å²) in [6.07, 6.45) is 2.79. The topological polar surface area (TPSA) is 44.5 Å². The van der Waals surface area contributed by atoms with E-state index < -0.39 is 5.54 Å². The second-order valence-corrected chi connectivity index (χ2v) is 9.95. The minimum Gasteiger partial charge on any atom is -0.490 e. The molecule has 31 heavy (non-hydrogen) atoms. The van der Waals surface area contributed by atoms with Crippen LogP contribution >= 0.6 is 0 Å². The summed E-state index contributed by atoms with van der Waals surface area (Å²) in [6.45, 7) is 18.7. The van der Waals surface area contributed by atoms with E-state index in [1.807, 2.05) is 13.0 Å². The average molecular weight is 426 g/mol. The second-order valence-electron chi connectivity index (χ2n) is 9.95. The molecule has 0 aliphatic heterocycles. The number of ether oxygens (including phenoxy) is 2. The van der Waals surface area contributed by atoms with Gasteiger partial charge >= 0.3 is 0 Å². The molecular weight excluding hydrogens is 382 g/mol. The van der Waals surface area contributed by atoms with E-state index in [0.29, 0.717) is 25.0 Å². The predicted molar refractivity (Wildman–Crippen MR) is 132 cm³/mol. The van der Waals surface area contributed by atoms with E-state index in [2.05, 4.69) is 72.7 Å². The van der Waals surface area contributed by atoms with Crippen molar-refractivity contribution in [2.45, 2.75) is 86.8 Å². The molecule has 3 nitrogen and oxygen atoms in total. The Bertz CT molecular complexity index is 833. The van der Waals surface area contributed by atoms with E-state index in [1.54, 1.807) is 0 Å². The molecule has 2 N–H and O–H groups in total. The zero-order valence-electron chi connectivity index (χ0n) is 21.0. The molecule has 0 heterocycles. The maximum atomic E-state index is 6.79. The molecule has 172 valence electrons. The first-order valence-corrected chi connectivity index (χ1v) is 11.9. The van der Waals surface area contributed by atoms with Gasteiger partial charge in [0, 0.05) is 16.7 Å². The van der Waals surface area contributed by atoms with Crippen LogP contribution in [0.2, 0.25) is 0 Å². The van der Waals surface area contributed by atoms with Crippen LogP contribution in [0.25, 0.3) is 0 Å². The van der Waals surface area contributed by atoms with Gasteiger partial charge in [-0.05, 0) is 68.6 Å². The zero-order valence-corrected chi connectivity index (χ0v) is 21.0. The lowest BCUT2D eigenvalue weighted by molar-refractivity contribution is 0.262. The van der Waals surface area contributed by atoms with Crippen molar-refractivity contribution >= 4 is 0 Å². The fourth-order valence-corrected chi connectivity index (χ4v) is 4.41. The molecule has 0 amide bonds. The molecule has 0 atom stereocenters. The maximum Gasteiger partial charge on any atom is 0.165 e. The number of rotatable bonds is 11. The quantitative estimate of drug-likeness (QED) is 0.430. The van der Waals surface area contributed by atoms with Gasteiger partial charge < -0.3 is 15.2 Å². The van der Waals surface area contributed by atoms with Crippen molar-refractivity contribution in [3.63, 3.8) is 0 Å². The Morgan fingerprint density at radius 1 is 0.806 bits per heavy atom. The summed E-state index contributed by atoms with van der Waals surface area (Å²) in [4.78, 5) is 0. The molecule has 0 aliphatic carbocycles. The molecule has 0 spiro atoms. The van der Waals surface area contributed by atoms with Crippen molar-refractivity contribution in [2.24, 2.45) is 17.6 Å². The van der Waals surface area contributed by atoms with Crippen molar-refractivity contribution in [2.75, 3.05) is 6.61 Å². The summed E-state index contributed by atoms with van der Waals surface area (Å²) in [5.74, 6) is 2.83. The van der Waals surface area contributed by atoms with Crippen LogP contribution in [0, 0.1) is 11.8 Å². The largest absolute Gasteiger partial charge is 0.490 e. The molecule has 0 bridgehead atoms. The van der Waals surface area contributed by atoms with E-state index in [-0.39, 0.29) is 0 Å². The Morgan fingerprint density at radius 3 is 1.84 bits per heavy atom. The van der Waals surface area contributed by atoms with E-state index in [4.69, 9.17) is 15.2 Å². The SMILES string of the molecule is CCOc1c(CC)c(C(C)(C)N)c(CC(C)C)c(CC(C)C)c1OCc1ccccc1. The minimum atomic E-state index is -0.453. The van der Waals surface area contributed by atoms with E-state index >= 15 is 0 Å². The van der Waals surface area contributed by atoms with Gasteiger partial charge in [0.25, 0.3) is 0 Å². The number of hydrogen-bond donors (Lipinski definition) is 1. The Balaban J connectivity index is 2.81. The molecule has 0 radical (unpaired) electrons. The molecular formula is C28H43NO2. The third-order valence-electron chi connectivity index (χ3n) is 5.46. The second kappa shape index (κ2) is 11.0. The van der Waals surface area contributed by atoms with Crippen LogP contribution in [0.5, 0.6) is 11.5 Å². The predicted octanol–water partition coefficient (Wildman–Crippen LogP) is 6.82. The van der Waals surface area contributed by atoms with Gasteiger partial charge in [-0.25, -0.2) is 0 Å². The van der Waals surface area contributed by atoms with Crippen LogP contribution in [0.3, 0.4) is 0 Å². The molecule has 0 aromatic heterocycles. The molecule has 0 saturated heterocycles. The molecule has 2 rings (SSSR count). The first-order valence-electron chi connectivity index (χ1n) is 11.9. The summed E-state index contributed by atoms with van der Waals surface area (Å²) >= 11 is 0. The van der Waals surface area contributed by atoms with Gasteiger partial charge in [0.2, 0.25) is 0 Å². The van der Waals surface area contributed by atoms with Crippen molar-refractivity contribution in [3.05, 3.63) is 58.1 Å². The summed E-state index contributed by atoms with van der Waals surface area (Å²) in [5, 5.41) is 0. The van der Waals surface area contributed by atoms with E-state index in [0.717, 1.165) is 36.3 Å². The van der Waals surface area contributed by atoms with Crippen molar-refractivity contribution in [1.29, 1.82) is 0 Å². The Hall–Kier alpha value is -2.00. The summed E-state index contributed by atoms with van der Waals surface area (Å²) in [5.41, 5.74) is 12.6. The van der Waals surface area contributed by atoms with Crippen LogP contribution in [0.15, 0.2) is 30.3 Å². The molecule has 0 aliphatic rings. The van der Waals surface area contributed by atoms with Gasteiger partial charge in [-0.3, -0.25) is 0 Å². The third kappa shape index (κ3) is 6.49. The highest BCUT2D eigenvalue weighted by Crippen LogP contribution is 2.46. The van der Waals surface area contributed by atoms with Gasteiger partial charge in [-0.2, -0.15) is 0 Å². The molecule has 3 heteroatoms. The molecule has 2 aromatic carbocycles. The molecule has 0 unspecified atom stereocenters. The van der Waals surface area contributed by atoms with Gasteiger partial charge in [0.15, 0.2) is 11.5 Å². The third-order valence-corrected chi connectivity index (χ3v) is 5.46. The van der Waals surface area contributed by atoms with Gasteiger partial charge in [-0.1, -0.05) is 65.0 Å². The first-order chi connectivity index (χ1) is 14.6. The smallest absolute Gasteiger partial charge is 0.165 e. The van der Waals surface area contributed by atoms with Crippen LogP contribution < -0.4 is 15.2 Å². The van der Waals surface area contributed by atoms with Crippen LogP contribution in [0.4, 0.5) is 0 Å². The fourth-order valence-electron chi connectivity index (χ4n) is 4.41. The lowest BCUT2D eigenvalue weighted by atomic mass is 9.78. The first kappa shape index (κ1) is 25.3. The van der Waals surface area contributed by atoms with Crippen molar-refractivity contribution in [3.8, 4) is 11.5 Å². The van der Waals surface area contributed by atoms with Crippen molar-refractivity contribution < 1.29 is 9.47 Å². The lowest BCUT2D eigenvalue weighted by Crippen LogP contribution is -2.33. The number of hydrogen-bond acceptors (Lipinski definition) is 3. The zero-order chi connectivity index (χ0) is 23.2. The normalized spacial score (nSPS) is 12.0. The highest BCUT2D eigenvalue weighted by molar-refractivity contribution is 5.62. The Morgan fingerprint density at radius 2 is 1.35 bits per heavy atom. The average Bonchev–Trinajstić information content (AvgIpc) is 2.68. The highest BCUT2D eigenvalue weighted by Gasteiger charge is 2.31. The van der Waals surface area contributed by atoms with Crippen LogP contribution in [-0.4, -0.2) is 6.61 Å². The van der Waals surface area contributed by atoms with Crippen LogP contribution in [-0.2, 0) is 31.4 Å². The number of benzene rings is 2. The van der Waals surface area contributed by atoms with Gasteiger partial charge in [-0.15, -0.1) is 0 Å². The minimum absolute atomic E-state index is 0.453. The van der Waals surface area contributed by atoms with Crippen molar-refractivity contribution in [1.82, 2.24) is 0 Å². The van der Waals surface area contributed by atoms with E-state index in [1.165, 1.54) is 22.3 Å². The Labute approximate surface area is 190 Å². The molecule has 0 saturated carbocycles. The molecule has 0 fully saturated rings. The maximum absolute atomic E-state index is 6.79. The van der Waals surface area contributed by atoms with Crippen LogP contribution in [0.1, 0.15) is 83.2 Å². The van der Waals surface area contributed by atoms with Gasteiger partial charge in [0.1, 0.15) is 6.61 Å². The molecule has 2 aromatic rings. The standard InChI is InChI=1S/C28H43NO2/c1-9-22-25(28(7,8)29)23(16-19(3)4)24(17-20(5)6)27(26(22)30-10-2)31-18-21-14-12-11-13-15-21/h11-15,19-20H,9-10,16-18,29H2,1-8H3.